The fourth-order valence-corrected chi connectivity index (χ4v) is 1.85. The SMILES string of the molecule is CC(Cl)c1nnc(-c2cncnc2)s1. The van der Waals surface area contributed by atoms with Gasteiger partial charge in [-0.3, -0.25) is 0 Å². The summed E-state index contributed by atoms with van der Waals surface area (Å²) in [6.45, 7) is 1.87. The molecular weight excluding hydrogens is 220 g/mol. The van der Waals surface area contributed by atoms with E-state index in [0.29, 0.717) is 0 Å². The Bertz CT molecular complexity index is 414. The Balaban J connectivity index is 2.34. The maximum Gasteiger partial charge on any atom is 0.150 e. The van der Waals surface area contributed by atoms with Crippen molar-refractivity contribution in [2.45, 2.75) is 12.3 Å². The highest BCUT2D eigenvalue weighted by Gasteiger charge is 2.10. The van der Waals surface area contributed by atoms with Crippen LogP contribution < -0.4 is 0 Å². The van der Waals surface area contributed by atoms with Gasteiger partial charge in [-0.1, -0.05) is 11.3 Å². The fourth-order valence-electron chi connectivity index (χ4n) is 0.922. The van der Waals surface area contributed by atoms with Crippen molar-refractivity contribution in [3.05, 3.63) is 23.7 Å². The zero-order valence-electron chi connectivity index (χ0n) is 7.38. The summed E-state index contributed by atoms with van der Waals surface area (Å²) >= 11 is 7.34. The van der Waals surface area contributed by atoms with Gasteiger partial charge in [0, 0.05) is 18.0 Å². The lowest BCUT2D eigenvalue weighted by Gasteiger charge is -1.92. The second-order valence-corrected chi connectivity index (χ2v) is 4.35. The number of rotatable bonds is 2. The first-order valence-corrected chi connectivity index (χ1v) is 5.25. The number of halogens is 1. The Morgan fingerprint density at radius 1 is 1.29 bits per heavy atom. The highest BCUT2D eigenvalue weighted by molar-refractivity contribution is 7.15. The number of aromatic nitrogens is 4. The summed E-state index contributed by atoms with van der Waals surface area (Å²) in [5.74, 6) is 0. The molecule has 0 bridgehead atoms. The number of alkyl halides is 1. The van der Waals surface area contributed by atoms with Gasteiger partial charge < -0.3 is 0 Å². The number of nitrogens with zero attached hydrogens (tertiary/aromatic N) is 4. The Labute approximate surface area is 90.0 Å². The monoisotopic (exact) mass is 226 g/mol. The maximum atomic E-state index is 5.88. The first-order chi connectivity index (χ1) is 6.77. The Hall–Kier alpha value is -1.07. The van der Waals surface area contributed by atoms with E-state index in [1.807, 2.05) is 6.92 Å². The van der Waals surface area contributed by atoms with Crippen LogP contribution in [0, 0.1) is 0 Å². The molecule has 0 aliphatic carbocycles. The van der Waals surface area contributed by atoms with Crippen molar-refractivity contribution < 1.29 is 0 Å². The van der Waals surface area contributed by atoms with Gasteiger partial charge >= 0.3 is 0 Å². The molecule has 0 amide bonds. The minimum absolute atomic E-state index is 0.106. The highest BCUT2D eigenvalue weighted by Crippen LogP contribution is 2.28. The van der Waals surface area contributed by atoms with E-state index < -0.39 is 0 Å². The summed E-state index contributed by atoms with van der Waals surface area (Å²) < 4.78 is 0. The predicted octanol–water partition coefficient (Wildman–Crippen LogP) is 2.29. The molecule has 72 valence electrons. The molecule has 0 radical (unpaired) electrons. The van der Waals surface area contributed by atoms with Crippen molar-refractivity contribution >= 4 is 22.9 Å². The smallest absolute Gasteiger partial charge is 0.150 e. The molecule has 2 heterocycles. The van der Waals surface area contributed by atoms with Gasteiger partial charge in [0.25, 0.3) is 0 Å². The molecule has 0 saturated heterocycles. The Morgan fingerprint density at radius 2 is 2.00 bits per heavy atom. The lowest BCUT2D eigenvalue weighted by Crippen LogP contribution is -1.81. The van der Waals surface area contributed by atoms with Crippen LogP contribution in [0.3, 0.4) is 0 Å². The number of hydrogen-bond acceptors (Lipinski definition) is 5. The second kappa shape index (κ2) is 3.98. The minimum Gasteiger partial charge on any atom is -0.244 e. The van der Waals surface area contributed by atoms with Crippen molar-refractivity contribution in [2.75, 3.05) is 0 Å². The maximum absolute atomic E-state index is 5.88. The molecule has 0 fully saturated rings. The molecule has 2 aromatic heterocycles. The molecule has 0 aliphatic rings. The van der Waals surface area contributed by atoms with Gasteiger partial charge in [0.2, 0.25) is 0 Å². The highest BCUT2D eigenvalue weighted by atomic mass is 35.5. The zero-order valence-corrected chi connectivity index (χ0v) is 8.96. The van der Waals surface area contributed by atoms with E-state index in [1.165, 1.54) is 17.7 Å². The van der Waals surface area contributed by atoms with E-state index >= 15 is 0 Å². The van der Waals surface area contributed by atoms with Crippen LogP contribution in [0.2, 0.25) is 0 Å². The minimum atomic E-state index is -0.106. The van der Waals surface area contributed by atoms with Gasteiger partial charge in [0.05, 0.1) is 5.38 Å². The largest absolute Gasteiger partial charge is 0.244 e. The first-order valence-electron chi connectivity index (χ1n) is 4.00. The van der Waals surface area contributed by atoms with Crippen molar-refractivity contribution in [3.8, 4) is 10.6 Å². The predicted molar refractivity (Wildman–Crippen MR) is 55.2 cm³/mol. The van der Waals surface area contributed by atoms with Crippen LogP contribution in [0.5, 0.6) is 0 Å². The summed E-state index contributed by atoms with van der Waals surface area (Å²) in [5, 5.41) is 9.49. The summed E-state index contributed by atoms with van der Waals surface area (Å²) in [5.41, 5.74) is 0.869. The molecule has 0 aliphatic heterocycles. The average Bonchev–Trinajstić information content (AvgIpc) is 2.68. The summed E-state index contributed by atoms with van der Waals surface area (Å²) in [6, 6.07) is 0. The molecule has 0 spiro atoms. The second-order valence-electron chi connectivity index (χ2n) is 2.69. The van der Waals surface area contributed by atoms with E-state index in [9.17, 15) is 0 Å². The van der Waals surface area contributed by atoms with Gasteiger partial charge in [0.15, 0.2) is 5.01 Å². The van der Waals surface area contributed by atoms with Gasteiger partial charge in [-0.25, -0.2) is 9.97 Å². The summed E-state index contributed by atoms with van der Waals surface area (Å²) in [4.78, 5) is 7.82. The molecule has 6 heteroatoms. The van der Waals surface area contributed by atoms with E-state index in [1.54, 1.807) is 12.4 Å². The zero-order chi connectivity index (χ0) is 9.97. The van der Waals surface area contributed by atoms with Crippen LogP contribution >= 0.6 is 22.9 Å². The van der Waals surface area contributed by atoms with Crippen molar-refractivity contribution in [1.29, 1.82) is 0 Å². The van der Waals surface area contributed by atoms with Gasteiger partial charge in [-0.05, 0) is 6.92 Å². The van der Waals surface area contributed by atoms with Crippen molar-refractivity contribution in [2.24, 2.45) is 0 Å². The van der Waals surface area contributed by atoms with Crippen molar-refractivity contribution in [3.63, 3.8) is 0 Å². The molecule has 0 saturated carbocycles. The van der Waals surface area contributed by atoms with Crippen LogP contribution in [0.4, 0.5) is 0 Å². The molecule has 0 aromatic carbocycles. The third-order valence-corrected chi connectivity index (χ3v) is 3.08. The lowest BCUT2D eigenvalue weighted by atomic mass is 10.4. The molecule has 14 heavy (non-hydrogen) atoms. The van der Waals surface area contributed by atoms with E-state index in [-0.39, 0.29) is 5.38 Å². The van der Waals surface area contributed by atoms with Crippen molar-refractivity contribution in [1.82, 2.24) is 20.2 Å². The standard InChI is InChI=1S/C8H7ClN4S/c1-5(9)7-12-13-8(14-7)6-2-10-4-11-3-6/h2-5H,1H3. The molecule has 4 nitrogen and oxygen atoms in total. The third kappa shape index (κ3) is 1.88. The summed E-state index contributed by atoms with van der Waals surface area (Å²) in [7, 11) is 0. The Morgan fingerprint density at radius 3 is 2.57 bits per heavy atom. The van der Waals surface area contributed by atoms with Crippen LogP contribution in [0.25, 0.3) is 10.6 Å². The topological polar surface area (TPSA) is 51.6 Å². The average molecular weight is 227 g/mol. The van der Waals surface area contributed by atoms with Crippen LogP contribution in [0.15, 0.2) is 18.7 Å². The molecule has 0 N–H and O–H groups in total. The first kappa shape index (κ1) is 9.48. The Kier molecular flexibility index (Phi) is 2.69. The van der Waals surface area contributed by atoms with E-state index in [4.69, 9.17) is 11.6 Å². The van der Waals surface area contributed by atoms with E-state index in [0.717, 1.165) is 15.6 Å². The molecule has 1 unspecified atom stereocenters. The summed E-state index contributed by atoms with van der Waals surface area (Å²) in [6.07, 6.45) is 4.89. The molecule has 2 aromatic rings. The van der Waals surface area contributed by atoms with E-state index in [2.05, 4.69) is 20.2 Å². The van der Waals surface area contributed by atoms with Gasteiger partial charge in [-0.15, -0.1) is 21.8 Å². The van der Waals surface area contributed by atoms with Gasteiger partial charge in [-0.2, -0.15) is 0 Å². The molecule has 2 rings (SSSR count). The molecular formula is C8H7ClN4S. The fraction of sp³-hybridized carbons (Fsp3) is 0.250. The lowest BCUT2D eigenvalue weighted by molar-refractivity contribution is 0.961. The third-order valence-electron chi connectivity index (χ3n) is 1.59. The quantitative estimate of drug-likeness (QED) is 0.738. The van der Waals surface area contributed by atoms with Gasteiger partial charge in [0.1, 0.15) is 11.3 Å². The molecule has 1 atom stereocenters. The van der Waals surface area contributed by atoms with Crippen LogP contribution in [0.1, 0.15) is 17.3 Å². The van der Waals surface area contributed by atoms with Crippen LogP contribution in [-0.4, -0.2) is 20.2 Å². The van der Waals surface area contributed by atoms with Crippen LogP contribution in [-0.2, 0) is 0 Å². The number of hydrogen-bond donors (Lipinski definition) is 0. The normalized spacial score (nSPS) is 12.7.